The predicted molar refractivity (Wildman–Crippen MR) is 241 cm³/mol. The molecule has 5 nitrogen and oxygen atoms in total. The van der Waals surface area contributed by atoms with Gasteiger partial charge in [0, 0.05) is 49.0 Å². The monoisotopic (exact) mass is 737 g/mol. The van der Waals surface area contributed by atoms with Crippen molar-refractivity contribution in [3.05, 3.63) is 188 Å². The third kappa shape index (κ3) is 4.38. The highest BCUT2D eigenvalue weighted by Crippen LogP contribution is 2.44. The highest BCUT2D eigenvalue weighted by molar-refractivity contribution is 6.31. The number of fused-ring (bicyclic) bond motifs is 13. The molecule has 5 heteroatoms. The van der Waals surface area contributed by atoms with Gasteiger partial charge in [-0.15, -0.1) is 0 Å². The van der Waals surface area contributed by atoms with Gasteiger partial charge in [0.25, 0.3) is 0 Å². The molecule has 0 saturated heterocycles. The van der Waals surface area contributed by atoms with Crippen LogP contribution in [-0.2, 0) is 0 Å². The molecule has 13 aromatic rings. The van der Waals surface area contributed by atoms with Crippen molar-refractivity contribution in [2.45, 2.75) is 0 Å². The molecule has 0 fully saturated rings. The molecule has 4 aromatic heterocycles. The van der Waals surface area contributed by atoms with Crippen LogP contribution in [0.2, 0.25) is 0 Å². The molecule has 0 bridgehead atoms. The van der Waals surface area contributed by atoms with E-state index in [1.54, 1.807) is 0 Å². The Bertz CT molecular complexity index is 3790. The molecule has 268 valence electrons. The van der Waals surface area contributed by atoms with E-state index in [0.717, 1.165) is 33.2 Å². The lowest BCUT2D eigenvalue weighted by Gasteiger charge is -2.13. The molecular formula is C53H31N5. The van der Waals surface area contributed by atoms with Crippen molar-refractivity contribution < 1.29 is 0 Å². The third-order valence-electron chi connectivity index (χ3n) is 12.0. The van der Waals surface area contributed by atoms with Gasteiger partial charge >= 0.3 is 0 Å². The summed E-state index contributed by atoms with van der Waals surface area (Å²) in [5.74, 6) is 1.92. The second-order valence-electron chi connectivity index (χ2n) is 15.2. The standard InChI is InChI=1S/C53H31N5/c1-3-14-32(15-4-1)51-54-52(33-16-5-2-6-17-33)56-53(55-51)37-26-27-39-40-23-13-25-45-49(40)58(46(39)31-37)47-30-35-19-8-7-18-34(35)28-42(47)43-29-36-20-9-10-21-38(36)48-41-22-11-12-24-44(41)57(45)50(43)48/h1-31H. The summed E-state index contributed by atoms with van der Waals surface area (Å²) in [6.45, 7) is 0. The number of hydrogen-bond acceptors (Lipinski definition) is 3. The fraction of sp³-hybridized carbons (Fsp3) is 0. The zero-order chi connectivity index (χ0) is 37.9. The van der Waals surface area contributed by atoms with Crippen molar-refractivity contribution in [3.8, 4) is 34.2 Å². The molecule has 0 N–H and O–H groups in total. The Balaban J connectivity index is 1.24. The normalized spacial score (nSPS) is 12.1. The minimum atomic E-state index is 0.632. The van der Waals surface area contributed by atoms with Crippen molar-refractivity contribution in [2.24, 2.45) is 0 Å². The topological polar surface area (TPSA) is 47.5 Å². The summed E-state index contributed by atoms with van der Waals surface area (Å²) < 4.78 is 5.02. The summed E-state index contributed by atoms with van der Waals surface area (Å²) in [7, 11) is 0. The van der Waals surface area contributed by atoms with Crippen molar-refractivity contribution in [2.75, 3.05) is 0 Å². The second-order valence-corrected chi connectivity index (χ2v) is 15.2. The maximum atomic E-state index is 5.14. The van der Waals surface area contributed by atoms with E-state index in [-0.39, 0.29) is 0 Å². The average Bonchev–Trinajstić information content (AvgIpc) is 3.82. The van der Waals surface area contributed by atoms with Gasteiger partial charge in [0.05, 0.1) is 33.1 Å². The summed E-state index contributed by atoms with van der Waals surface area (Å²) >= 11 is 0. The van der Waals surface area contributed by atoms with E-state index in [0.29, 0.717) is 17.5 Å². The maximum Gasteiger partial charge on any atom is 0.164 e. The van der Waals surface area contributed by atoms with Crippen molar-refractivity contribution in [1.82, 2.24) is 23.8 Å². The lowest BCUT2D eigenvalue weighted by Crippen LogP contribution is -2.00. The highest BCUT2D eigenvalue weighted by atomic mass is 15.0. The number of hydrogen-bond donors (Lipinski definition) is 0. The number of aromatic nitrogens is 5. The first-order valence-corrected chi connectivity index (χ1v) is 19.7. The van der Waals surface area contributed by atoms with Crippen LogP contribution < -0.4 is 0 Å². The minimum absolute atomic E-state index is 0.632. The van der Waals surface area contributed by atoms with Crippen molar-refractivity contribution in [3.63, 3.8) is 0 Å². The van der Waals surface area contributed by atoms with Gasteiger partial charge in [0.1, 0.15) is 0 Å². The summed E-state index contributed by atoms with van der Waals surface area (Å²) in [4.78, 5) is 15.3. The van der Waals surface area contributed by atoms with Gasteiger partial charge in [0.15, 0.2) is 17.5 Å². The molecule has 0 amide bonds. The first-order valence-electron chi connectivity index (χ1n) is 19.7. The van der Waals surface area contributed by atoms with Crippen LogP contribution in [0, 0.1) is 0 Å². The summed E-state index contributed by atoms with van der Waals surface area (Å²) in [6.07, 6.45) is 0. The molecule has 0 saturated carbocycles. The van der Waals surface area contributed by atoms with E-state index >= 15 is 0 Å². The largest absolute Gasteiger partial charge is 0.307 e. The molecule has 0 unspecified atom stereocenters. The fourth-order valence-corrected chi connectivity index (χ4v) is 9.48. The molecule has 13 rings (SSSR count). The predicted octanol–water partition coefficient (Wildman–Crippen LogP) is 13.5. The van der Waals surface area contributed by atoms with E-state index in [2.05, 4.69) is 160 Å². The Labute approximate surface area is 331 Å². The molecule has 4 heterocycles. The van der Waals surface area contributed by atoms with Crippen LogP contribution in [0.15, 0.2) is 188 Å². The number of nitrogens with zero attached hydrogens (tertiary/aromatic N) is 5. The molecular weight excluding hydrogens is 707 g/mol. The molecule has 0 radical (unpaired) electrons. The first-order chi connectivity index (χ1) is 28.8. The van der Waals surface area contributed by atoms with Crippen molar-refractivity contribution >= 4 is 87.0 Å². The Morgan fingerprint density at radius 3 is 1.55 bits per heavy atom. The lowest BCUT2D eigenvalue weighted by molar-refractivity contribution is 1.07. The average molecular weight is 738 g/mol. The van der Waals surface area contributed by atoms with Crippen LogP contribution in [0.3, 0.4) is 0 Å². The Hall–Kier alpha value is -7.89. The van der Waals surface area contributed by atoms with Crippen LogP contribution in [0.25, 0.3) is 121 Å². The lowest BCUT2D eigenvalue weighted by atomic mass is 9.98. The molecule has 0 aliphatic carbocycles. The second kappa shape index (κ2) is 11.8. The Morgan fingerprint density at radius 1 is 0.276 bits per heavy atom. The molecule has 9 aromatic carbocycles. The Morgan fingerprint density at radius 2 is 0.810 bits per heavy atom. The zero-order valence-electron chi connectivity index (χ0n) is 31.1. The first kappa shape index (κ1) is 31.3. The summed E-state index contributed by atoms with van der Waals surface area (Å²) in [5.41, 5.74) is 9.79. The van der Waals surface area contributed by atoms with Crippen LogP contribution >= 0.6 is 0 Å². The quantitative estimate of drug-likeness (QED) is 0.181. The number of benzene rings is 9. The molecule has 0 atom stereocenters. The van der Waals surface area contributed by atoms with Gasteiger partial charge in [-0.1, -0.05) is 152 Å². The smallest absolute Gasteiger partial charge is 0.164 e. The van der Waals surface area contributed by atoms with Crippen LogP contribution in [0.4, 0.5) is 0 Å². The van der Waals surface area contributed by atoms with Gasteiger partial charge < -0.3 is 8.80 Å². The van der Waals surface area contributed by atoms with Gasteiger partial charge in [-0.3, -0.25) is 0 Å². The molecule has 58 heavy (non-hydrogen) atoms. The number of para-hydroxylation sites is 2. The zero-order valence-corrected chi connectivity index (χ0v) is 31.1. The van der Waals surface area contributed by atoms with E-state index in [1.807, 2.05) is 36.4 Å². The summed E-state index contributed by atoms with van der Waals surface area (Å²) in [6, 6.07) is 67.5. The SMILES string of the molecule is c1ccc(-c2nc(-c3ccccc3)nc(-c3ccc4c5cccc6c5n(c5cc7ccccc7cc5c5cc7ccccc7c7c8ccccc8n6c57)c4c3)n2)cc1. The maximum absolute atomic E-state index is 5.14. The van der Waals surface area contributed by atoms with Crippen molar-refractivity contribution in [1.29, 1.82) is 0 Å². The van der Waals surface area contributed by atoms with Gasteiger partial charge in [-0.25, -0.2) is 15.0 Å². The van der Waals surface area contributed by atoms with E-state index in [9.17, 15) is 0 Å². The molecule has 0 aliphatic rings. The summed E-state index contributed by atoms with van der Waals surface area (Å²) in [5, 5.41) is 12.2. The minimum Gasteiger partial charge on any atom is -0.307 e. The van der Waals surface area contributed by atoms with E-state index < -0.39 is 0 Å². The molecule has 0 spiro atoms. The fourth-order valence-electron chi connectivity index (χ4n) is 9.48. The number of rotatable bonds is 3. The van der Waals surface area contributed by atoms with Gasteiger partial charge in [-0.2, -0.15) is 0 Å². The van der Waals surface area contributed by atoms with Crippen LogP contribution in [0.5, 0.6) is 0 Å². The van der Waals surface area contributed by atoms with E-state index in [4.69, 9.17) is 15.0 Å². The van der Waals surface area contributed by atoms with E-state index in [1.165, 1.54) is 70.4 Å². The van der Waals surface area contributed by atoms with Gasteiger partial charge in [-0.05, 0) is 57.9 Å². The van der Waals surface area contributed by atoms with Gasteiger partial charge in [0.2, 0.25) is 0 Å². The molecule has 0 aliphatic heterocycles. The van der Waals surface area contributed by atoms with Crippen LogP contribution in [0.1, 0.15) is 0 Å². The highest BCUT2D eigenvalue weighted by Gasteiger charge is 2.22. The third-order valence-corrected chi connectivity index (χ3v) is 12.0. The Kier molecular flexibility index (Phi) is 6.38. The van der Waals surface area contributed by atoms with Crippen LogP contribution in [-0.4, -0.2) is 23.8 Å².